The van der Waals surface area contributed by atoms with Crippen molar-refractivity contribution in [3.63, 3.8) is 0 Å². The number of rotatable bonds is 4. The summed E-state index contributed by atoms with van der Waals surface area (Å²) in [5.41, 5.74) is 1.34. The molecule has 102 valence electrons. The molecule has 0 amide bonds. The maximum absolute atomic E-state index is 6.14. The molecule has 1 aliphatic rings. The van der Waals surface area contributed by atoms with Crippen LogP contribution in [0.1, 0.15) is 24.2 Å². The van der Waals surface area contributed by atoms with E-state index in [1.165, 1.54) is 0 Å². The number of hydrogen-bond acceptors (Lipinski definition) is 3. The maximum Gasteiger partial charge on any atom is 0.140 e. The third-order valence-corrected chi connectivity index (χ3v) is 3.52. The fourth-order valence-corrected chi connectivity index (χ4v) is 2.68. The molecule has 2 aromatic rings. The van der Waals surface area contributed by atoms with Crippen molar-refractivity contribution in [3.8, 4) is 0 Å². The van der Waals surface area contributed by atoms with Crippen LogP contribution in [0.15, 0.2) is 61.2 Å². The number of H-pyrrole nitrogens is 1. The molecular weight excluding hydrogens is 250 g/mol. The van der Waals surface area contributed by atoms with E-state index in [1.807, 2.05) is 43.5 Å². The van der Waals surface area contributed by atoms with Gasteiger partial charge in [0.2, 0.25) is 0 Å². The fraction of sp³-hybridized carbons (Fsp3) is 0.250. The molecule has 1 N–H and O–H groups in total. The Bertz CT molecular complexity index is 604. The molecule has 2 aromatic heterocycles. The van der Waals surface area contributed by atoms with Crippen molar-refractivity contribution < 1.29 is 4.74 Å². The minimum absolute atomic E-state index is 0.0323. The smallest absolute Gasteiger partial charge is 0.140 e. The second kappa shape index (κ2) is 5.43. The zero-order valence-corrected chi connectivity index (χ0v) is 11.4. The molecule has 0 spiro atoms. The van der Waals surface area contributed by atoms with Gasteiger partial charge in [0.1, 0.15) is 5.60 Å². The standard InChI is InChI=1S/C16H17N3O/c1-2-20-16(15-8-4-6-10-18-15)9-5-3-7-13(16)14-11-17-12-19-14/h3-13H,2H2,1H3,(H,17,19). The van der Waals surface area contributed by atoms with Crippen LogP contribution in [0.25, 0.3) is 0 Å². The van der Waals surface area contributed by atoms with E-state index in [0.29, 0.717) is 6.61 Å². The molecule has 2 atom stereocenters. The van der Waals surface area contributed by atoms with Gasteiger partial charge in [-0.05, 0) is 25.1 Å². The van der Waals surface area contributed by atoms with Crippen LogP contribution in [0.5, 0.6) is 0 Å². The summed E-state index contributed by atoms with van der Waals surface area (Å²) in [5.74, 6) is 0.0323. The molecule has 1 aliphatic carbocycles. The summed E-state index contributed by atoms with van der Waals surface area (Å²) in [6.45, 7) is 2.61. The van der Waals surface area contributed by atoms with E-state index in [2.05, 4.69) is 27.1 Å². The summed E-state index contributed by atoms with van der Waals surface area (Å²) in [6, 6.07) is 5.90. The molecule has 0 aromatic carbocycles. The SMILES string of the molecule is CCOC1(c2ccccn2)C=CC=CC1c1cnc[nH]1. The van der Waals surface area contributed by atoms with Crippen molar-refractivity contribution in [2.24, 2.45) is 0 Å². The number of aromatic amines is 1. The molecule has 4 nitrogen and oxygen atoms in total. The Morgan fingerprint density at radius 3 is 3.00 bits per heavy atom. The van der Waals surface area contributed by atoms with Gasteiger partial charge in [0.25, 0.3) is 0 Å². The summed E-state index contributed by atoms with van der Waals surface area (Å²) in [6.07, 6.45) is 13.6. The zero-order chi connectivity index (χ0) is 13.8. The average Bonchev–Trinajstić information content (AvgIpc) is 3.03. The lowest BCUT2D eigenvalue weighted by atomic mass is 9.79. The quantitative estimate of drug-likeness (QED) is 0.926. The predicted molar refractivity (Wildman–Crippen MR) is 77.1 cm³/mol. The molecule has 20 heavy (non-hydrogen) atoms. The zero-order valence-electron chi connectivity index (χ0n) is 11.4. The topological polar surface area (TPSA) is 50.8 Å². The van der Waals surface area contributed by atoms with Gasteiger partial charge >= 0.3 is 0 Å². The summed E-state index contributed by atoms with van der Waals surface area (Å²) >= 11 is 0. The lowest BCUT2D eigenvalue weighted by Crippen LogP contribution is -2.36. The van der Waals surface area contributed by atoms with E-state index in [9.17, 15) is 0 Å². The van der Waals surface area contributed by atoms with Crippen LogP contribution in [0.3, 0.4) is 0 Å². The van der Waals surface area contributed by atoms with Crippen LogP contribution >= 0.6 is 0 Å². The van der Waals surface area contributed by atoms with Crippen molar-refractivity contribution in [3.05, 3.63) is 72.6 Å². The molecule has 2 heterocycles. The molecular formula is C16H17N3O. The third kappa shape index (κ3) is 2.08. The van der Waals surface area contributed by atoms with Gasteiger partial charge < -0.3 is 9.72 Å². The first-order valence-electron chi connectivity index (χ1n) is 6.76. The van der Waals surface area contributed by atoms with Crippen LogP contribution < -0.4 is 0 Å². The normalized spacial score (nSPS) is 24.9. The van der Waals surface area contributed by atoms with E-state index in [0.717, 1.165) is 11.4 Å². The van der Waals surface area contributed by atoms with Crippen LogP contribution in [0.4, 0.5) is 0 Å². The van der Waals surface area contributed by atoms with Gasteiger partial charge in [-0.15, -0.1) is 0 Å². The summed E-state index contributed by atoms with van der Waals surface area (Å²) in [7, 11) is 0. The Balaban J connectivity index is 2.12. The first-order valence-corrected chi connectivity index (χ1v) is 6.76. The molecule has 0 saturated carbocycles. The highest BCUT2D eigenvalue weighted by Crippen LogP contribution is 2.42. The third-order valence-electron chi connectivity index (χ3n) is 3.52. The number of hydrogen-bond donors (Lipinski definition) is 1. The molecule has 3 rings (SSSR count). The summed E-state index contributed by atoms with van der Waals surface area (Å²) in [4.78, 5) is 11.8. The van der Waals surface area contributed by atoms with Crippen molar-refractivity contribution in [1.82, 2.24) is 15.0 Å². The highest BCUT2D eigenvalue weighted by atomic mass is 16.5. The largest absolute Gasteiger partial charge is 0.364 e. The lowest BCUT2D eigenvalue weighted by Gasteiger charge is -2.37. The number of nitrogens with one attached hydrogen (secondary N) is 1. The average molecular weight is 267 g/mol. The number of allylic oxidation sites excluding steroid dienone is 2. The lowest BCUT2D eigenvalue weighted by molar-refractivity contribution is -0.0208. The van der Waals surface area contributed by atoms with Crippen LogP contribution in [-0.2, 0) is 10.3 Å². The molecule has 0 saturated heterocycles. The van der Waals surface area contributed by atoms with E-state index >= 15 is 0 Å². The monoisotopic (exact) mass is 267 g/mol. The van der Waals surface area contributed by atoms with Gasteiger partial charge in [-0.2, -0.15) is 0 Å². The van der Waals surface area contributed by atoms with E-state index in [4.69, 9.17) is 4.74 Å². The summed E-state index contributed by atoms with van der Waals surface area (Å²) < 4.78 is 6.14. The Morgan fingerprint density at radius 1 is 1.35 bits per heavy atom. The predicted octanol–water partition coefficient (Wildman–Crippen LogP) is 2.95. The Morgan fingerprint density at radius 2 is 2.30 bits per heavy atom. The maximum atomic E-state index is 6.14. The molecule has 0 aliphatic heterocycles. The highest BCUT2D eigenvalue weighted by molar-refractivity contribution is 5.37. The molecule has 2 unspecified atom stereocenters. The first-order chi connectivity index (χ1) is 9.87. The number of ether oxygens (including phenoxy) is 1. The van der Waals surface area contributed by atoms with Gasteiger partial charge in [-0.25, -0.2) is 4.98 Å². The van der Waals surface area contributed by atoms with Crippen molar-refractivity contribution in [2.45, 2.75) is 18.4 Å². The van der Waals surface area contributed by atoms with Gasteiger partial charge in [-0.1, -0.05) is 24.3 Å². The summed E-state index contributed by atoms with van der Waals surface area (Å²) in [5, 5.41) is 0. The second-order valence-electron chi connectivity index (χ2n) is 4.67. The Labute approximate surface area is 118 Å². The van der Waals surface area contributed by atoms with Gasteiger partial charge in [0.15, 0.2) is 0 Å². The Hall–Kier alpha value is -2.20. The number of imidazole rings is 1. The number of nitrogens with zero attached hydrogens (tertiary/aromatic N) is 2. The molecule has 4 heteroatoms. The van der Waals surface area contributed by atoms with Crippen molar-refractivity contribution in [2.75, 3.05) is 6.61 Å². The first kappa shape index (κ1) is 12.8. The fourth-order valence-electron chi connectivity index (χ4n) is 2.68. The second-order valence-corrected chi connectivity index (χ2v) is 4.67. The minimum Gasteiger partial charge on any atom is -0.364 e. The molecule has 0 bridgehead atoms. The highest BCUT2D eigenvalue weighted by Gasteiger charge is 2.41. The van der Waals surface area contributed by atoms with Gasteiger partial charge in [0, 0.05) is 24.7 Å². The molecule has 0 fully saturated rings. The van der Waals surface area contributed by atoms with Crippen LogP contribution in [0.2, 0.25) is 0 Å². The van der Waals surface area contributed by atoms with Crippen molar-refractivity contribution in [1.29, 1.82) is 0 Å². The van der Waals surface area contributed by atoms with E-state index in [1.54, 1.807) is 12.5 Å². The number of pyridine rings is 1. The Kier molecular flexibility index (Phi) is 3.48. The van der Waals surface area contributed by atoms with Gasteiger partial charge in [-0.3, -0.25) is 4.98 Å². The van der Waals surface area contributed by atoms with Crippen LogP contribution in [-0.4, -0.2) is 21.6 Å². The van der Waals surface area contributed by atoms with E-state index < -0.39 is 5.60 Å². The molecule has 0 radical (unpaired) electrons. The minimum atomic E-state index is -0.586. The van der Waals surface area contributed by atoms with Crippen molar-refractivity contribution >= 4 is 0 Å². The van der Waals surface area contributed by atoms with E-state index in [-0.39, 0.29) is 5.92 Å². The van der Waals surface area contributed by atoms with Gasteiger partial charge in [0.05, 0.1) is 17.9 Å². The van der Waals surface area contributed by atoms with Crippen LogP contribution in [0, 0.1) is 0 Å². The number of aromatic nitrogens is 3.